The fourth-order valence-electron chi connectivity index (χ4n) is 7.82. The minimum atomic E-state index is -0.432. The highest BCUT2D eigenvalue weighted by Gasteiger charge is 2.32. The summed E-state index contributed by atoms with van der Waals surface area (Å²) in [6, 6.07) is 29.3. The molecular formula is C53H66O8. The first kappa shape index (κ1) is 46.7. The molecule has 8 nitrogen and oxygen atoms in total. The number of esters is 3. The lowest BCUT2D eigenvalue weighted by atomic mass is 9.75. The monoisotopic (exact) mass is 830 g/mol. The molecule has 1 fully saturated rings. The van der Waals surface area contributed by atoms with Crippen molar-refractivity contribution in [1.29, 1.82) is 0 Å². The smallest absolute Gasteiger partial charge is 0.343 e. The summed E-state index contributed by atoms with van der Waals surface area (Å²) in [5, 5.41) is 0. The van der Waals surface area contributed by atoms with Gasteiger partial charge in [-0.25, -0.2) is 9.59 Å². The molecule has 4 aromatic rings. The van der Waals surface area contributed by atoms with Gasteiger partial charge in [0.15, 0.2) is 0 Å². The van der Waals surface area contributed by atoms with Gasteiger partial charge in [-0.05, 0) is 159 Å². The highest BCUT2D eigenvalue weighted by molar-refractivity contribution is 5.91. The van der Waals surface area contributed by atoms with Gasteiger partial charge in [-0.1, -0.05) is 83.2 Å². The lowest BCUT2D eigenvalue weighted by molar-refractivity contribution is -0.134. The number of allylic oxidation sites excluding steroid dienone is 1. The molecule has 5 rings (SSSR count). The van der Waals surface area contributed by atoms with E-state index in [0.717, 1.165) is 74.7 Å². The third-order valence-electron chi connectivity index (χ3n) is 11.5. The quantitative estimate of drug-likeness (QED) is 0.0282. The zero-order valence-electron chi connectivity index (χ0n) is 36.6. The molecule has 1 saturated carbocycles. The maximum Gasteiger partial charge on any atom is 0.343 e. The molecule has 326 valence electrons. The number of unbranched alkanes of at least 4 members (excludes halogenated alkanes) is 9. The molecule has 0 aliphatic heterocycles. The number of carbonyl (C=O) groups is 3. The van der Waals surface area contributed by atoms with Crippen LogP contribution in [0.15, 0.2) is 110 Å². The molecule has 8 heteroatoms. The summed E-state index contributed by atoms with van der Waals surface area (Å²) in [4.78, 5) is 37.5. The Labute approximate surface area is 364 Å². The summed E-state index contributed by atoms with van der Waals surface area (Å²) in [5.41, 5.74) is 2.97. The van der Waals surface area contributed by atoms with Gasteiger partial charge < -0.3 is 23.7 Å². The summed E-state index contributed by atoms with van der Waals surface area (Å²) in [5.74, 6) is 3.30. The standard InChI is InChI=1S/C53H66O8/c1-5-6-7-8-9-10-11-14-17-51(54)60-47-33-25-43(26-34-47)52(55)58-37-16-13-12-15-36-57-45-27-23-44(24-28-45)53(56)61-48-31-21-42(22-32-48)41-19-29-46(30-20-41)59-50-38-40(4)18-35-49(50)39(2)3/h5,19-34,39-40,49-50H,1,6-18,35-38H2,2-4H3. The van der Waals surface area contributed by atoms with Crippen molar-refractivity contribution < 1.29 is 38.1 Å². The molecule has 4 aromatic carbocycles. The Morgan fingerprint density at radius 1 is 0.607 bits per heavy atom. The number of benzene rings is 4. The van der Waals surface area contributed by atoms with Crippen molar-refractivity contribution in [2.75, 3.05) is 13.2 Å². The van der Waals surface area contributed by atoms with Crippen LogP contribution in [0.4, 0.5) is 0 Å². The van der Waals surface area contributed by atoms with E-state index >= 15 is 0 Å². The van der Waals surface area contributed by atoms with Crippen molar-refractivity contribution in [1.82, 2.24) is 0 Å². The van der Waals surface area contributed by atoms with Crippen LogP contribution in [-0.2, 0) is 9.53 Å². The lowest BCUT2D eigenvalue weighted by Crippen LogP contribution is -2.36. The molecule has 0 bridgehead atoms. The number of hydrogen-bond acceptors (Lipinski definition) is 8. The fourth-order valence-corrected chi connectivity index (χ4v) is 7.82. The van der Waals surface area contributed by atoms with Crippen molar-refractivity contribution in [3.63, 3.8) is 0 Å². The molecule has 0 saturated heterocycles. The van der Waals surface area contributed by atoms with Gasteiger partial charge in [-0.15, -0.1) is 6.58 Å². The van der Waals surface area contributed by atoms with Gasteiger partial charge in [0.25, 0.3) is 0 Å². The van der Waals surface area contributed by atoms with E-state index in [1.807, 2.05) is 30.3 Å². The fraction of sp³-hybridized carbons (Fsp3) is 0.453. The Kier molecular flexibility index (Phi) is 19.5. The zero-order chi connectivity index (χ0) is 43.2. The summed E-state index contributed by atoms with van der Waals surface area (Å²) in [6.45, 7) is 11.5. The molecular weight excluding hydrogens is 765 g/mol. The molecule has 0 amide bonds. The van der Waals surface area contributed by atoms with E-state index in [1.54, 1.807) is 48.5 Å². The van der Waals surface area contributed by atoms with E-state index in [0.29, 0.717) is 65.8 Å². The van der Waals surface area contributed by atoms with Gasteiger partial charge in [-0.3, -0.25) is 4.79 Å². The second-order valence-corrected chi connectivity index (χ2v) is 16.8. The van der Waals surface area contributed by atoms with Crippen molar-refractivity contribution >= 4 is 17.9 Å². The van der Waals surface area contributed by atoms with Crippen LogP contribution in [0.3, 0.4) is 0 Å². The largest absolute Gasteiger partial charge is 0.494 e. The molecule has 0 spiro atoms. The highest BCUT2D eigenvalue weighted by atomic mass is 16.5. The van der Waals surface area contributed by atoms with Crippen LogP contribution >= 0.6 is 0 Å². The topological polar surface area (TPSA) is 97.4 Å². The Bertz CT molecular complexity index is 1920. The zero-order valence-corrected chi connectivity index (χ0v) is 36.6. The first-order chi connectivity index (χ1) is 29.7. The molecule has 0 heterocycles. The van der Waals surface area contributed by atoms with E-state index in [4.69, 9.17) is 23.7 Å². The van der Waals surface area contributed by atoms with Gasteiger partial charge in [0.1, 0.15) is 29.1 Å². The Morgan fingerprint density at radius 3 is 1.77 bits per heavy atom. The van der Waals surface area contributed by atoms with E-state index in [-0.39, 0.29) is 12.1 Å². The van der Waals surface area contributed by atoms with Crippen molar-refractivity contribution in [2.45, 2.75) is 123 Å². The minimum absolute atomic E-state index is 0.256. The van der Waals surface area contributed by atoms with E-state index < -0.39 is 11.9 Å². The third kappa shape index (κ3) is 16.2. The van der Waals surface area contributed by atoms with Gasteiger partial charge >= 0.3 is 17.9 Å². The average molecular weight is 831 g/mol. The summed E-state index contributed by atoms with van der Waals surface area (Å²) < 4.78 is 28.9. The molecule has 1 aliphatic carbocycles. The normalized spacial score (nSPS) is 16.1. The molecule has 3 unspecified atom stereocenters. The van der Waals surface area contributed by atoms with Crippen molar-refractivity contribution in [3.05, 3.63) is 121 Å². The third-order valence-corrected chi connectivity index (χ3v) is 11.5. The van der Waals surface area contributed by atoms with Crippen LogP contribution < -0.4 is 18.9 Å². The molecule has 1 aliphatic rings. The summed E-state index contributed by atoms with van der Waals surface area (Å²) >= 11 is 0. The lowest BCUT2D eigenvalue weighted by Gasteiger charge is -2.37. The second-order valence-electron chi connectivity index (χ2n) is 16.8. The Hall–Kier alpha value is -5.37. The van der Waals surface area contributed by atoms with Gasteiger partial charge in [-0.2, -0.15) is 0 Å². The molecule has 0 N–H and O–H groups in total. The maximum absolute atomic E-state index is 12.9. The average Bonchev–Trinajstić information content (AvgIpc) is 3.26. The molecule has 3 atom stereocenters. The number of hydrogen-bond donors (Lipinski definition) is 0. The van der Waals surface area contributed by atoms with Gasteiger partial charge in [0.05, 0.1) is 24.3 Å². The Balaban J connectivity index is 0.912. The maximum atomic E-state index is 12.9. The van der Waals surface area contributed by atoms with Crippen LogP contribution in [-0.4, -0.2) is 37.2 Å². The number of ether oxygens (including phenoxy) is 5. The second kappa shape index (κ2) is 25.4. The molecule has 0 radical (unpaired) electrons. The predicted octanol–water partition coefficient (Wildman–Crippen LogP) is 13.4. The SMILES string of the molecule is C=CCCCCCCCCC(=O)Oc1ccc(C(=O)OCCCCCCOc2ccc(C(=O)Oc3ccc(-c4ccc(OC5CC(C)CCC5C(C)C)cc4)cc3)cc2)cc1. The predicted molar refractivity (Wildman–Crippen MR) is 242 cm³/mol. The van der Waals surface area contributed by atoms with E-state index in [9.17, 15) is 14.4 Å². The number of carbonyl (C=O) groups excluding carboxylic acids is 3. The number of rotatable bonds is 25. The van der Waals surface area contributed by atoms with Crippen LogP contribution in [0.1, 0.15) is 138 Å². The summed E-state index contributed by atoms with van der Waals surface area (Å²) in [6.07, 6.45) is 17.2. The Morgan fingerprint density at radius 2 is 1.13 bits per heavy atom. The first-order valence-corrected chi connectivity index (χ1v) is 22.6. The first-order valence-electron chi connectivity index (χ1n) is 22.6. The van der Waals surface area contributed by atoms with Crippen LogP contribution in [0.25, 0.3) is 11.1 Å². The van der Waals surface area contributed by atoms with E-state index in [1.165, 1.54) is 32.1 Å². The van der Waals surface area contributed by atoms with Crippen LogP contribution in [0.5, 0.6) is 23.0 Å². The van der Waals surface area contributed by atoms with Gasteiger partial charge in [0, 0.05) is 6.42 Å². The molecule has 0 aromatic heterocycles. The highest BCUT2D eigenvalue weighted by Crippen LogP contribution is 2.36. The molecule has 61 heavy (non-hydrogen) atoms. The van der Waals surface area contributed by atoms with E-state index in [2.05, 4.69) is 51.6 Å². The van der Waals surface area contributed by atoms with Crippen LogP contribution in [0, 0.1) is 17.8 Å². The minimum Gasteiger partial charge on any atom is -0.494 e. The van der Waals surface area contributed by atoms with Gasteiger partial charge in [0.2, 0.25) is 0 Å². The van der Waals surface area contributed by atoms with Crippen molar-refractivity contribution in [2.24, 2.45) is 17.8 Å². The summed E-state index contributed by atoms with van der Waals surface area (Å²) in [7, 11) is 0. The van der Waals surface area contributed by atoms with Crippen molar-refractivity contribution in [3.8, 4) is 34.1 Å². The van der Waals surface area contributed by atoms with Crippen LogP contribution in [0.2, 0.25) is 0 Å².